The van der Waals surface area contributed by atoms with Gasteiger partial charge in [0, 0.05) is 30.9 Å². The summed E-state index contributed by atoms with van der Waals surface area (Å²) in [6.07, 6.45) is 7.10. The molecule has 1 amide bonds. The Labute approximate surface area is 149 Å². The zero-order valence-corrected chi connectivity index (χ0v) is 15.1. The third-order valence-corrected chi connectivity index (χ3v) is 5.33. The fraction of sp³-hybridized carbons (Fsp3) is 0.412. The van der Waals surface area contributed by atoms with Crippen molar-refractivity contribution in [1.82, 2.24) is 24.3 Å². The minimum atomic E-state index is -0.0716. The van der Waals surface area contributed by atoms with Gasteiger partial charge in [0.2, 0.25) is 5.95 Å². The summed E-state index contributed by atoms with van der Waals surface area (Å²) in [7, 11) is 0. The van der Waals surface area contributed by atoms with Crippen LogP contribution in [0.4, 0.5) is 5.95 Å². The molecule has 1 aliphatic rings. The van der Waals surface area contributed by atoms with E-state index in [4.69, 9.17) is 4.98 Å². The molecule has 4 heterocycles. The molecule has 4 rings (SSSR count). The Hall–Kier alpha value is -2.48. The molecule has 25 heavy (non-hydrogen) atoms. The van der Waals surface area contributed by atoms with Crippen molar-refractivity contribution in [2.24, 2.45) is 0 Å². The Kier molecular flexibility index (Phi) is 4.12. The summed E-state index contributed by atoms with van der Waals surface area (Å²) in [4.78, 5) is 29.1. The average molecular weight is 356 g/mol. The van der Waals surface area contributed by atoms with E-state index in [0.29, 0.717) is 5.69 Å². The van der Waals surface area contributed by atoms with Crippen molar-refractivity contribution < 1.29 is 4.79 Å². The Morgan fingerprint density at radius 3 is 3.04 bits per heavy atom. The molecule has 1 fully saturated rings. The number of carbonyl (C=O) groups is 1. The van der Waals surface area contributed by atoms with Crippen LogP contribution in [0.5, 0.6) is 0 Å². The molecule has 1 aliphatic heterocycles. The van der Waals surface area contributed by atoms with Crippen LogP contribution in [0, 0.1) is 6.92 Å². The van der Waals surface area contributed by atoms with Crippen molar-refractivity contribution in [2.75, 3.05) is 18.4 Å². The third-order valence-electron chi connectivity index (χ3n) is 4.45. The molecule has 0 spiro atoms. The lowest BCUT2D eigenvalue weighted by molar-refractivity contribution is 0.0727. The first-order valence-electron chi connectivity index (χ1n) is 8.48. The van der Waals surface area contributed by atoms with E-state index in [1.165, 1.54) is 0 Å². The fourth-order valence-corrected chi connectivity index (χ4v) is 4.17. The number of likely N-dealkylation sites (tertiary alicyclic amines) is 1. The van der Waals surface area contributed by atoms with Gasteiger partial charge in [0.1, 0.15) is 16.2 Å². The number of amides is 1. The molecule has 8 heteroatoms. The van der Waals surface area contributed by atoms with E-state index >= 15 is 0 Å². The molecule has 7 nitrogen and oxygen atoms in total. The lowest BCUT2D eigenvalue weighted by atomic mass is 10.1. The van der Waals surface area contributed by atoms with E-state index in [1.807, 2.05) is 23.4 Å². The highest BCUT2D eigenvalue weighted by Gasteiger charge is 2.34. The lowest BCUT2D eigenvalue weighted by Gasteiger charge is -2.23. The van der Waals surface area contributed by atoms with Gasteiger partial charge in [-0.2, -0.15) is 0 Å². The maximum absolute atomic E-state index is 12.9. The number of thiazole rings is 1. The smallest absolute Gasteiger partial charge is 0.274 e. The highest BCUT2D eigenvalue weighted by Crippen LogP contribution is 2.37. The predicted octanol–water partition coefficient (Wildman–Crippen LogP) is 2.90. The molecule has 3 aromatic heterocycles. The molecule has 0 saturated carbocycles. The number of nitrogens with one attached hydrogen (secondary N) is 1. The van der Waals surface area contributed by atoms with Gasteiger partial charge in [-0.3, -0.25) is 14.2 Å². The zero-order chi connectivity index (χ0) is 17.4. The Morgan fingerprint density at radius 1 is 1.40 bits per heavy atom. The van der Waals surface area contributed by atoms with E-state index in [2.05, 4.69) is 26.6 Å². The summed E-state index contributed by atoms with van der Waals surface area (Å²) in [5.74, 6) is 0.765. The molecule has 0 aromatic carbocycles. The molecule has 0 bridgehead atoms. The first-order valence-corrected chi connectivity index (χ1v) is 9.36. The summed E-state index contributed by atoms with van der Waals surface area (Å²) >= 11 is 1.65. The molecular formula is C17H20N6OS. The number of fused-ring (bicyclic) bond motifs is 1. The molecule has 3 aromatic rings. The molecular weight excluding hydrogens is 336 g/mol. The van der Waals surface area contributed by atoms with Crippen LogP contribution < -0.4 is 5.32 Å². The lowest BCUT2D eigenvalue weighted by Crippen LogP contribution is -2.31. The van der Waals surface area contributed by atoms with Crippen molar-refractivity contribution in [3.05, 3.63) is 41.1 Å². The first kappa shape index (κ1) is 16.0. The number of nitrogens with zero attached hydrogens (tertiary/aromatic N) is 5. The van der Waals surface area contributed by atoms with Crippen molar-refractivity contribution in [1.29, 1.82) is 0 Å². The van der Waals surface area contributed by atoms with Crippen molar-refractivity contribution >= 4 is 28.0 Å². The molecule has 1 atom stereocenters. The monoisotopic (exact) mass is 356 g/mol. The summed E-state index contributed by atoms with van der Waals surface area (Å²) in [6.45, 7) is 5.44. The number of aromatic nitrogens is 4. The minimum Gasteiger partial charge on any atom is -0.356 e. The summed E-state index contributed by atoms with van der Waals surface area (Å²) < 4.78 is 2.07. The van der Waals surface area contributed by atoms with Gasteiger partial charge in [0.25, 0.3) is 5.91 Å². The SMILES string of the molecule is CCNc1nc(C2CCCN2C(=O)c2cnc(C)cn2)c2sccn12. The fourth-order valence-electron chi connectivity index (χ4n) is 3.29. The van der Waals surface area contributed by atoms with E-state index in [0.717, 1.165) is 48.1 Å². The topological polar surface area (TPSA) is 75.4 Å². The maximum Gasteiger partial charge on any atom is 0.274 e. The summed E-state index contributed by atoms with van der Waals surface area (Å²) in [5.41, 5.74) is 2.17. The van der Waals surface area contributed by atoms with Gasteiger partial charge in [-0.25, -0.2) is 9.97 Å². The first-order chi connectivity index (χ1) is 12.2. The van der Waals surface area contributed by atoms with Crippen LogP contribution in [0.2, 0.25) is 0 Å². The predicted molar refractivity (Wildman–Crippen MR) is 97.0 cm³/mol. The Bertz CT molecular complexity index is 900. The third kappa shape index (κ3) is 2.76. The van der Waals surface area contributed by atoms with Gasteiger partial charge in [-0.05, 0) is 26.7 Å². The number of hydrogen-bond acceptors (Lipinski definition) is 6. The summed E-state index contributed by atoms with van der Waals surface area (Å²) in [5, 5.41) is 5.34. The van der Waals surface area contributed by atoms with Gasteiger partial charge in [-0.15, -0.1) is 11.3 Å². The molecule has 130 valence electrons. The highest BCUT2D eigenvalue weighted by atomic mass is 32.1. The van der Waals surface area contributed by atoms with Crippen LogP contribution in [0.25, 0.3) is 4.83 Å². The molecule has 1 unspecified atom stereocenters. The van der Waals surface area contributed by atoms with Crippen LogP contribution in [-0.4, -0.2) is 43.2 Å². The number of hydrogen-bond donors (Lipinski definition) is 1. The number of anilines is 1. The van der Waals surface area contributed by atoms with Gasteiger partial charge >= 0.3 is 0 Å². The van der Waals surface area contributed by atoms with Gasteiger partial charge in [0.05, 0.1) is 17.9 Å². The Morgan fingerprint density at radius 2 is 2.28 bits per heavy atom. The quantitative estimate of drug-likeness (QED) is 0.778. The van der Waals surface area contributed by atoms with E-state index in [-0.39, 0.29) is 11.9 Å². The van der Waals surface area contributed by atoms with E-state index in [9.17, 15) is 4.79 Å². The molecule has 1 saturated heterocycles. The van der Waals surface area contributed by atoms with Gasteiger partial charge in [-0.1, -0.05) is 0 Å². The highest BCUT2D eigenvalue weighted by molar-refractivity contribution is 7.15. The van der Waals surface area contributed by atoms with Crippen LogP contribution in [0.1, 0.15) is 47.7 Å². The second kappa shape index (κ2) is 6.44. The van der Waals surface area contributed by atoms with Crippen LogP contribution in [0.3, 0.4) is 0 Å². The zero-order valence-electron chi connectivity index (χ0n) is 14.3. The summed E-state index contributed by atoms with van der Waals surface area (Å²) in [6, 6.07) is -0.0170. The van der Waals surface area contributed by atoms with E-state index < -0.39 is 0 Å². The van der Waals surface area contributed by atoms with E-state index in [1.54, 1.807) is 23.7 Å². The van der Waals surface area contributed by atoms with Gasteiger partial charge < -0.3 is 10.2 Å². The maximum atomic E-state index is 12.9. The van der Waals surface area contributed by atoms with Gasteiger partial charge in [0.15, 0.2) is 0 Å². The van der Waals surface area contributed by atoms with Crippen LogP contribution in [0.15, 0.2) is 24.0 Å². The standard InChI is InChI=1S/C17H20N6OS/c1-3-18-17-21-14(16-23(17)7-8-25-16)13-5-4-6-22(13)15(24)12-10-19-11(2)9-20-12/h7-10,13H,3-6H2,1-2H3,(H,18,21). The van der Waals surface area contributed by atoms with Crippen molar-refractivity contribution in [2.45, 2.75) is 32.7 Å². The van der Waals surface area contributed by atoms with Crippen LogP contribution in [-0.2, 0) is 0 Å². The van der Waals surface area contributed by atoms with Crippen LogP contribution >= 0.6 is 11.3 Å². The minimum absolute atomic E-state index is 0.0170. The number of rotatable bonds is 4. The second-order valence-electron chi connectivity index (χ2n) is 6.13. The molecule has 0 aliphatic carbocycles. The Balaban J connectivity index is 1.69. The number of carbonyl (C=O) groups excluding carboxylic acids is 1. The number of imidazole rings is 1. The molecule has 0 radical (unpaired) electrons. The molecule has 1 N–H and O–H groups in total. The normalized spacial score (nSPS) is 17.4. The van der Waals surface area contributed by atoms with Crippen molar-refractivity contribution in [3.8, 4) is 0 Å². The second-order valence-corrected chi connectivity index (χ2v) is 7.02. The van der Waals surface area contributed by atoms with Crippen molar-refractivity contribution in [3.63, 3.8) is 0 Å². The largest absolute Gasteiger partial charge is 0.356 e. The number of aryl methyl sites for hydroxylation is 1. The average Bonchev–Trinajstić information content (AvgIpc) is 3.32.